The highest BCUT2D eigenvalue weighted by Gasteiger charge is 2.17. The van der Waals surface area contributed by atoms with E-state index in [-0.39, 0.29) is 17.4 Å². The standard InChI is InChI=1S/C17H17N5O3/c1-11(2)16-17(21-9-5-4-6-15(21)18-16)20-19-12-7-8-14(25-3)13(10-12)22(23)24/h4-11H,1-3H3. The molecule has 0 unspecified atom stereocenters. The van der Waals surface area contributed by atoms with Crippen molar-refractivity contribution in [3.63, 3.8) is 0 Å². The van der Waals surface area contributed by atoms with Crippen LogP contribution in [0, 0.1) is 10.1 Å². The molecule has 0 atom stereocenters. The lowest BCUT2D eigenvalue weighted by molar-refractivity contribution is -0.385. The number of methoxy groups -OCH3 is 1. The first kappa shape index (κ1) is 16.6. The average molecular weight is 339 g/mol. The Labute approximate surface area is 143 Å². The molecule has 0 N–H and O–H groups in total. The minimum absolute atomic E-state index is 0.152. The van der Waals surface area contributed by atoms with E-state index in [0.29, 0.717) is 11.5 Å². The van der Waals surface area contributed by atoms with E-state index < -0.39 is 4.92 Å². The van der Waals surface area contributed by atoms with E-state index in [1.54, 1.807) is 6.07 Å². The Balaban J connectivity index is 2.05. The molecule has 0 aliphatic heterocycles. The third kappa shape index (κ3) is 3.18. The van der Waals surface area contributed by atoms with Crippen molar-refractivity contribution in [2.45, 2.75) is 19.8 Å². The first-order valence-electron chi connectivity index (χ1n) is 7.72. The van der Waals surface area contributed by atoms with Crippen LogP contribution in [-0.2, 0) is 0 Å². The van der Waals surface area contributed by atoms with Gasteiger partial charge in [-0.15, -0.1) is 10.2 Å². The second-order valence-corrected chi connectivity index (χ2v) is 5.72. The van der Waals surface area contributed by atoms with Crippen molar-refractivity contribution in [3.05, 3.63) is 58.4 Å². The fraction of sp³-hybridized carbons (Fsp3) is 0.235. The Kier molecular flexibility index (Phi) is 4.42. The van der Waals surface area contributed by atoms with Crippen LogP contribution in [0.3, 0.4) is 0 Å². The number of pyridine rings is 1. The molecule has 0 radical (unpaired) electrons. The van der Waals surface area contributed by atoms with E-state index in [0.717, 1.165) is 11.3 Å². The number of nitro benzene ring substituents is 1. The number of aromatic nitrogens is 2. The molecule has 0 aliphatic carbocycles. The lowest BCUT2D eigenvalue weighted by Gasteiger charge is -2.03. The zero-order valence-electron chi connectivity index (χ0n) is 14.1. The van der Waals surface area contributed by atoms with Gasteiger partial charge in [-0.05, 0) is 30.2 Å². The number of azo groups is 1. The minimum Gasteiger partial charge on any atom is -0.490 e. The second kappa shape index (κ2) is 6.68. The van der Waals surface area contributed by atoms with Gasteiger partial charge in [-0.25, -0.2) is 4.98 Å². The molecule has 0 saturated carbocycles. The number of nitro groups is 1. The number of imidazole rings is 1. The van der Waals surface area contributed by atoms with E-state index in [1.165, 1.54) is 19.2 Å². The smallest absolute Gasteiger partial charge is 0.313 e. The molecule has 0 bridgehead atoms. The van der Waals surface area contributed by atoms with Crippen LogP contribution in [0.5, 0.6) is 5.75 Å². The number of ether oxygens (including phenoxy) is 1. The number of fused-ring (bicyclic) bond motifs is 1. The highest BCUT2D eigenvalue weighted by molar-refractivity contribution is 5.57. The number of benzene rings is 1. The normalized spacial score (nSPS) is 11.5. The molecule has 2 heterocycles. The van der Waals surface area contributed by atoms with Gasteiger partial charge in [0.1, 0.15) is 5.65 Å². The molecule has 8 nitrogen and oxygen atoms in total. The number of hydrogen-bond acceptors (Lipinski definition) is 6. The summed E-state index contributed by atoms with van der Waals surface area (Å²) in [4.78, 5) is 15.2. The van der Waals surface area contributed by atoms with E-state index in [2.05, 4.69) is 15.2 Å². The van der Waals surface area contributed by atoms with Crippen LogP contribution in [0.1, 0.15) is 25.5 Å². The summed E-state index contributed by atoms with van der Waals surface area (Å²) >= 11 is 0. The third-order valence-corrected chi connectivity index (χ3v) is 3.70. The molecule has 128 valence electrons. The van der Waals surface area contributed by atoms with Gasteiger partial charge in [0.25, 0.3) is 0 Å². The van der Waals surface area contributed by atoms with E-state index >= 15 is 0 Å². The molecule has 3 rings (SSSR count). The Morgan fingerprint density at radius 1 is 1.24 bits per heavy atom. The summed E-state index contributed by atoms with van der Waals surface area (Å²) in [7, 11) is 1.39. The Hall–Kier alpha value is -3.29. The van der Waals surface area contributed by atoms with Gasteiger partial charge >= 0.3 is 5.69 Å². The second-order valence-electron chi connectivity index (χ2n) is 5.72. The maximum absolute atomic E-state index is 11.1. The molecular formula is C17H17N5O3. The molecule has 0 saturated heterocycles. The molecule has 0 aliphatic rings. The SMILES string of the molecule is COc1ccc(N=Nc2c(C(C)C)nc3ccccn23)cc1[N+](=O)[O-]. The highest BCUT2D eigenvalue weighted by Crippen LogP contribution is 2.33. The largest absolute Gasteiger partial charge is 0.490 e. The van der Waals surface area contributed by atoms with Gasteiger partial charge in [-0.3, -0.25) is 14.5 Å². The zero-order valence-corrected chi connectivity index (χ0v) is 14.1. The van der Waals surface area contributed by atoms with Crippen LogP contribution in [-0.4, -0.2) is 21.4 Å². The van der Waals surface area contributed by atoms with Gasteiger partial charge in [0.2, 0.25) is 0 Å². The Morgan fingerprint density at radius 2 is 2.04 bits per heavy atom. The summed E-state index contributed by atoms with van der Waals surface area (Å²) < 4.78 is 6.84. The van der Waals surface area contributed by atoms with Crippen molar-refractivity contribution in [1.29, 1.82) is 0 Å². The highest BCUT2D eigenvalue weighted by atomic mass is 16.6. The molecule has 3 aromatic rings. The van der Waals surface area contributed by atoms with Crippen molar-refractivity contribution in [3.8, 4) is 5.75 Å². The summed E-state index contributed by atoms with van der Waals surface area (Å²) in [6.45, 7) is 4.05. The van der Waals surface area contributed by atoms with Crippen molar-refractivity contribution in [1.82, 2.24) is 9.38 Å². The predicted molar refractivity (Wildman–Crippen MR) is 93.1 cm³/mol. The Morgan fingerprint density at radius 3 is 2.72 bits per heavy atom. The zero-order chi connectivity index (χ0) is 18.0. The molecule has 0 spiro atoms. The fourth-order valence-corrected chi connectivity index (χ4v) is 2.48. The van der Waals surface area contributed by atoms with Gasteiger partial charge in [0, 0.05) is 12.3 Å². The molecule has 25 heavy (non-hydrogen) atoms. The monoisotopic (exact) mass is 339 g/mol. The summed E-state index contributed by atoms with van der Waals surface area (Å²) in [5, 5.41) is 19.6. The summed E-state index contributed by atoms with van der Waals surface area (Å²) in [5.41, 5.74) is 1.81. The van der Waals surface area contributed by atoms with Crippen molar-refractivity contribution < 1.29 is 9.66 Å². The minimum atomic E-state index is -0.508. The third-order valence-electron chi connectivity index (χ3n) is 3.70. The molecule has 0 amide bonds. The number of hydrogen-bond donors (Lipinski definition) is 0. The molecule has 8 heteroatoms. The first-order chi connectivity index (χ1) is 12.0. The van der Waals surface area contributed by atoms with Gasteiger partial charge in [0.15, 0.2) is 11.6 Å². The van der Waals surface area contributed by atoms with Crippen LogP contribution in [0.4, 0.5) is 17.2 Å². The van der Waals surface area contributed by atoms with Gasteiger partial charge in [0.05, 0.1) is 23.4 Å². The maximum atomic E-state index is 11.1. The van der Waals surface area contributed by atoms with Crippen LogP contribution in [0.25, 0.3) is 5.65 Å². The first-order valence-corrected chi connectivity index (χ1v) is 7.72. The Bertz CT molecular complexity index is 962. The molecule has 0 fully saturated rings. The van der Waals surface area contributed by atoms with Gasteiger partial charge < -0.3 is 4.74 Å². The topological polar surface area (TPSA) is 94.4 Å². The van der Waals surface area contributed by atoms with Crippen LogP contribution in [0.15, 0.2) is 52.8 Å². The summed E-state index contributed by atoms with van der Waals surface area (Å²) in [6, 6.07) is 10.1. The van der Waals surface area contributed by atoms with Crippen molar-refractivity contribution in [2.24, 2.45) is 10.2 Å². The van der Waals surface area contributed by atoms with E-state index in [9.17, 15) is 10.1 Å². The summed E-state index contributed by atoms with van der Waals surface area (Å²) in [6.07, 6.45) is 1.86. The predicted octanol–water partition coefficient (Wildman–Crippen LogP) is 4.79. The van der Waals surface area contributed by atoms with Gasteiger partial charge in [-0.2, -0.15) is 0 Å². The van der Waals surface area contributed by atoms with Gasteiger partial charge in [-0.1, -0.05) is 19.9 Å². The number of rotatable bonds is 5. The van der Waals surface area contributed by atoms with E-state index in [4.69, 9.17) is 4.74 Å². The average Bonchev–Trinajstić information content (AvgIpc) is 2.98. The van der Waals surface area contributed by atoms with Crippen LogP contribution < -0.4 is 4.74 Å². The molecule has 2 aromatic heterocycles. The van der Waals surface area contributed by atoms with Crippen LogP contribution in [0.2, 0.25) is 0 Å². The lowest BCUT2D eigenvalue weighted by Crippen LogP contribution is -1.92. The molecular weight excluding hydrogens is 322 g/mol. The quantitative estimate of drug-likeness (QED) is 0.379. The lowest BCUT2D eigenvalue weighted by atomic mass is 10.1. The van der Waals surface area contributed by atoms with Crippen molar-refractivity contribution in [2.75, 3.05) is 7.11 Å². The molecule has 1 aromatic carbocycles. The van der Waals surface area contributed by atoms with Crippen LogP contribution >= 0.6 is 0 Å². The number of nitrogens with zero attached hydrogens (tertiary/aromatic N) is 5. The van der Waals surface area contributed by atoms with Crippen molar-refractivity contribution >= 4 is 22.8 Å². The summed E-state index contributed by atoms with van der Waals surface area (Å²) in [5.74, 6) is 0.963. The maximum Gasteiger partial charge on any atom is 0.313 e. The van der Waals surface area contributed by atoms with E-state index in [1.807, 2.05) is 42.6 Å². The fourth-order valence-electron chi connectivity index (χ4n) is 2.48.